The van der Waals surface area contributed by atoms with Gasteiger partial charge in [0.1, 0.15) is 55.0 Å². The van der Waals surface area contributed by atoms with Crippen LogP contribution < -0.4 is 18.9 Å². The molecule has 0 spiro atoms. The van der Waals surface area contributed by atoms with Gasteiger partial charge in [0.25, 0.3) is 0 Å². The fourth-order valence-electron chi connectivity index (χ4n) is 5.46. The number of esters is 1. The summed E-state index contributed by atoms with van der Waals surface area (Å²) in [6.45, 7) is 15.3. The summed E-state index contributed by atoms with van der Waals surface area (Å²) in [7, 11) is 0. The van der Waals surface area contributed by atoms with Gasteiger partial charge < -0.3 is 28.8 Å². The van der Waals surface area contributed by atoms with Crippen molar-refractivity contribution in [3.05, 3.63) is 119 Å². The molecular formula is C41H50O7. The number of ether oxygens (including phenoxy) is 5. The highest BCUT2D eigenvalue weighted by molar-refractivity contribution is 5.66. The van der Waals surface area contributed by atoms with Crippen LogP contribution in [0.25, 0.3) is 0 Å². The third kappa shape index (κ3) is 9.77. The molecule has 0 fully saturated rings. The van der Waals surface area contributed by atoms with E-state index in [1.807, 2.05) is 74.5 Å². The van der Waals surface area contributed by atoms with E-state index < -0.39 is 6.10 Å². The van der Waals surface area contributed by atoms with E-state index in [4.69, 9.17) is 23.7 Å². The molecule has 0 aliphatic heterocycles. The van der Waals surface area contributed by atoms with E-state index in [0.29, 0.717) is 31.1 Å². The molecule has 48 heavy (non-hydrogen) atoms. The van der Waals surface area contributed by atoms with Crippen molar-refractivity contribution >= 4 is 5.97 Å². The first-order valence-corrected chi connectivity index (χ1v) is 16.7. The van der Waals surface area contributed by atoms with Crippen molar-refractivity contribution in [3.8, 4) is 23.0 Å². The van der Waals surface area contributed by atoms with E-state index in [2.05, 4.69) is 64.1 Å². The Bertz CT molecular complexity index is 1560. The van der Waals surface area contributed by atoms with Crippen molar-refractivity contribution in [2.75, 3.05) is 26.4 Å². The van der Waals surface area contributed by atoms with Crippen LogP contribution in [0.2, 0.25) is 0 Å². The number of hydrogen-bond donors (Lipinski definition) is 1. The Labute approximate surface area is 285 Å². The van der Waals surface area contributed by atoms with Gasteiger partial charge >= 0.3 is 5.97 Å². The monoisotopic (exact) mass is 654 g/mol. The number of carbonyl (C=O) groups is 1. The van der Waals surface area contributed by atoms with Crippen LogP contribution in [0, 0.1) is 0 Å². The van der Waals surface area contributed by atoms with Crippen LogP contribution in [-0.2, 0) is 20.4 Å². The van der Waals surface area contributed by atoms with Crippen molar-refractivity contribution in [1.29, 1.82) is 0 Å². The second kappa shape index (κ2) is 16.6. The molecule has 2 unspecified atom stereocenters. The lowest BCUT2D eigenvalue weighted by Crippen LogP contribution is -2.25. The molecule has 0 aliphatic rings. The topological polar surface area (TPSA) is 83.5 Å². The van der Waals surface area contributed by atoms with E-state index in [0.717, 1.165) is 22.6 Å². The van der Waals surface area contributed by atoms with E-state index in [1.54, 1.807) is 0 Å². The van der Waals surface area contributed by atoms with Crippen LogP contribution in [0.1, 0.15) is 77.1 Å². The van der Waals surface area contributed by atoms with Crippen molar-refractivity contribution in [3.63, 3.8) is 0 Å². The van der Waals surface area contributed by atoms with Gasteiger partial charge in [-0.1, -0.05) is 83.1 Å². The average molecular weight is 655 g/mol. The summed E-state index contributed by atoms with van der Waals surface area (Å²) >= 11 is 0. The molecule has 0 amide bonds. The van der Waals surface area contributed by atoms with Crippen LogP contribution in [-0.4, -0.2) is 49.7 Å². The first-order valence-electron chi connectivity index (χ1n) is 16.7. The van der Waals surface area contributed by atoms with Crippen molar-refractivity contribution in [2.45, 2.75) is 77.9 Å². The van der Waals surface area contributed by atoms with E-state index in [1.165, 1.54) is 18.1 Å². The SMILES string of the molecule is CCOc1ccc(C(C)(C)c2ccc(OCC(O)COc3ccc(C(C)(C)c4ccc(OCC(CC)OC(C)=O)cc4)cc3)cc2)cc1. The molecule has 0 radical (unpaired) electrons. The zero-order valence-corrected chi connectivity index (χ0v) is 29.3. The van der Waals surface area contributed by atoms with Crippen molar-refractivity contribution < 1.29 is 33.6 Å². The Morgan fingerprint density at radius 2 is 0.875 bits per heavy atom. The summed E-state index contributed by atoms with van der Waals surface area (Å²) in [6, 6.07) is 32.2. The Balaban J connectivity index is 1.24. The third-order valence-electron chi connectivity index (χ3n) is 8.72. The highest BCUT2D eigenvalue weighted by atomic mass is 16.6. The first-order chi connectivity index (χ1) is 22.9. The predicted molar refractivity (Wildman–Crippen MR) is 190 cm³/mol. The van der Waals surface area contributed by atoms with Gasteiger partial charge in [0.05, 0.1) is 6.61 Å². The maximum Gasteiger partial charge on any atom is 0.303 e. The maximum atomic E-state index is 11.3. The van der Waals surface area contributed by atoms with Gasteiger partial charge in [-0.05, 0) is 84.1 Å². The molecular weight excluding hydrogens is 604 g/mol. The van der Waals surface area contributed by atoms with Crippen molar-refractivity contribution in [2.24, 2.45) is 0 Å². The zero-order chi connectivity index (χ0) is 34.7. The zero-order valence-electron chi connectivity index (χ0n) is 29.3. The molecule has 1 N–H and O–H groups in total. The quantitative estimate of drug-likeness (QED) is 0.115. The molecule has 2 atom stereocenters. The summed E-state index contributed by atoms with van der Waals surface area (Å²) in [6.07, 6.45) is -0.361. The van der Waals surface area contributed by atoms with Crippen LogP contribution in [0.3, 0.4) is 0 Å². The Hall–Kier alpha value is -4.49. The van der Waals surface area contributed by atoms with Crippen molar-refractivity contribution in [1.82, 2.24) is 0 Å². The van der Waals surface area contributed by atoms with Gasteiger partial charge in [-0.2, -0.15) is 0 Å². The summed E-state index contributed by atoms with van der Waals surface area (Å²) < 4.78 is 28.4. The van der Waals surface area contributed by atoms with Crippen LogP contribution in [0.4, 0.5) is 0 Å². The normalized spacial score (nSPS) is 12.9. The maximum absolute atomic E-state index is 11.3. The molecule has 4 aromatic carbocycles. The summed E-state index contributed by atoms with van der Waals surface area (Å²) in [5.41, 5.74) is 4.18. The van der Waals surface area contributed by atoms with Crippen LogP contribution in [0.15, 0.2) is 97.1 Å². The van der Waals surface area contributed by atoms with E-state index >= 15 is 0 Å². The molecule has 0 bridgehead atoms. The lowest BCUT2D eigenvalue weighted by Gasteiger charge is -2.27. The summed E-state index contributed by atoms with van der Waals surface area (Å²) in [5, 5.41) is 10.5. The largest absolute Gasteiger partial charge is 0.494 e. The molecule has 0 saturated carbocycles. The second-order valence-corrected chi connectivity index (χ2v) is 13.0. The molecule has 4 rings (SSSR count). The fraction of sp³-hybridized carbons (Fsp3) is 0.390. The third-order valence-corrected chi connectivity index (χ3v) is 8.72. The second-order valence-electron chi connectivity index (χ2n) is 13.0. The molecule has 0 saturated heterocycles. The number of benzene rings is 4. The molecule has 4 aromatic rings. The minimum atomic E-state index is -0.788. The van der Waals surface area contributed by atoms with Crippen LogP contribution >= 0.6 is 0 Å². The van der Waals surface area contributed by atoms with E-state index in [9.17, 15) is 9.90 Å². The predicted octanol–water partition coefficient (Wildman–Crippen LogP) is 8.28. The fourth-order valence-corrected chi connectivity index (χ4v) is 5.46. The smallest absolute Gasteiger partial charge is 0.303 e. The highest BCUT2D eigenvalue weighted by Gasteiger charge is 2.24. The van der Waals surface area contributed by atoms with Gasteiger partial charge in [0.15, 0.2) is 0 Å². The molecule has 0 aromatic heterocycles. The van der Waals surface area contributed by atoms with Gasteiger partial charge in [-0.15, -0.1) is 0 Å². The Morgan fingerprint density at radius 3 is 1.17 bits per heavy atom. The first kappa shape index (κ1) is 36.3. The highest BCUT2D eigenvalue weighted by Crippen LogP contribution is 2.35. The number of aliphatic hydroxyl groups is 1. The van der Waals surface area contributed by atoms with Gasteiger partial charge in [-0.3, -0.25) is 4.79 Å². The minimum Gasteiger partial charge on any atom is -0.494 e. The average Bonchev–Trinajstić information content (AvgIpc) is 3.09. The van der Waals surface area contributed by atoms with Gasteiger partial charge in [0.2, 0.25) is 0 Å². The van der Waals surface area contributed by atoms with E-state index in [-0.39, 0.29) is 36.1 Å². The number of rotatable bonds is 17. The summed E-state index contributed by atoms with van der Waals surface area (Å²) in [5.74, 6) is 2.67. The molecule has 256 valence electrons. The Kier molecular flexibility index (Phi) is 12.5. The standard InChI is InChI=1S/C41H50O7/c1-8-35(48-29(3)42)28-47-39-24-16-33(17-25-39)41(6,7)32-14-22-38(23-15-32)46-27-34(43)26-45-37-20-12-31(13-21-37)40(4,5)30-10-18-36(19-11-30)44-9-2/h10-25,34-35,43H,8-9,26-28H2,1-7H3. The molecule has 7 heteroatoms. The Morgan fingerprint density at radius 1 is 0.562 bits per heavy atom. The van der Waals surface area contributed by atoms with Crippen LogP contribution in [0.5, 0.6) is 23.0 Å². The lowest BCUT2D eigenvalue weighted by atomic mass is 9.78. The molecule has 0 heterocycles. The number of hydrogen-bond acceptors (Lipinski definition) is 7. The summed E-state index contributed by atoms with van der Waals surface area (Å²) in [4.78, 5) is 11.3. The number of carbonyl (C=O) groups excluding carboxylic acids is 1. The molecule has 0 aliphatic carbocycles. The number of aliphatic hydroxyl groups excluding tert-OH is 1. The molecule has 7 nitrogen and oxygen atoms in total. The van der Waals surface area contributed by atoms with Gasteiger partial charge in [-0.25, -0.2) is 0 Å². The van der Waals surface area contributed by atoms with Gasteiger partial charge in [0, 0.05) is 17.8 Å². The minimum absolute atomic E-state index is 0.114. The lowest BCUT2D eigenvalue weighted by molar-refractivity contribution is -0.147.